The van der Waals surface area contributed by atoms with Crippen molar-refractivity contribution in [2.45, 2.75) is 19.3 Å². The molecular weight excluding hydrogens is 325 g/mol. The van der Waals surface area contributed by atoms with E-state index in [1.807, 2.05) is 0 Å². The Morgan fingerprint density at radius 3 is 2.26 bits per heavy atom. The van der Waals surface area contributed by atoms with Crippen molar-refractivity contribution in [2.24, 2.45) is 0 Å². The van der Waals surface area contributed by atoms with Crippen LogP contribution in [0.15, 0.2) is 42.5 Å². The van der Waals surface area contributed by atoms with Gasteiger partial charge in [0.15, 0.2) is 0 Å². The Hall–Kier alpha value is -1.75. The van der Waals surface area contributed by atoms with Gasteiger partial charge in [0.1, 0.15) is 23.1 Å². The van der Waals surface area contributed by atoms with Crippen LogP contribution in [0.4, 0.5) is 8.78 Å². The van der Waals surface area contributed by atoms with Gasteiger partial charge >= 0.3 is 7.60 Å². The molecule has 0 radical (unpaired) electrons. The Labute approximate surface area is 132 Å². The lowest BCUT2D eigenvalue weighted by Crippen LogP contribution is -1.95. The molecular formula is C16H17F2O4P. The molecule has 0 unspecified atom stereocenters. The van der Waals surface area contributed by atoms with Crippen molar-refractivity contribution in [3.8, 4) is 11.5 Å². The molecule has 2 rings (SSSR count). The van der Waals surface area contributed by atoms with Gasteiger partial charge in [-0.05, 0) is 67.3 Å². The van der Waals surface area contributed by atoms with Crippen LogP contribution >= 0.6 is 7.60 Å². The number of halogens is 2. The average Bonchev–Trinajstić information content (AvgIpc) is 2.48. The van der Waals surface area contributed by atoms with Crippen molar-refractivity contribution in [2.75, 3.05) is 6.16 Å². The maximum Gasteiger partial charge on any atom is 0.325 e. The zero-order valence-corrected chi connectivity index (χ0v) is 13.2. The number of hydrogen-bond acceptors (Lipinski definition) is 2. The van der Waals surface area contributed by atoms with Gasteiger partial charge in [0.2, 0.25) is 0 Å². The third kappa shape index (κ3) is 6.10. The second kappa shape index (κ2) is 7.68. The zero-order valence-electron chi connectivity index (χ0n) is 12.3. The minimum Gasteiger partial charge on any atom is -0.457 e. The van der Waals surface area contributed by atoms with Gasteiger partial charge < -0.3 is 14.5 Å². The van der Waals surface area contributed by atoms with E-state index in [-0.39, 0.29) is 12.0 Å². The molecule has 0 heterocycles. The summed E-state index contributed by atoms with van der Waals surface area (Å²) >= 11 is 0. The molecule has 2 N–H and O–H groups in total. The number of aryl methyl sites for hydroxylation is 1. The molecule has 0 aliphatic rings. The molecule has 0 fully saturated rings. The summed E-state index contributed by atoms with van der Waals surface area (Å²) in [5.74, 6) is 0.0864. The highest BCUT2D eigenvalue weighted by Gasteiger charge is 2.12. The highest BCUT2D eigenvalue weighted by atomic mass is 31.2. The van der Waals surface area contributed by atoms with E-state index in [4.69, 9.17) is 14.5 Å². The maximum absolute atomic E-state index is 13.8. The van der Waals surface area contributed by atoms with E-state index in [2.05, 4.69) is 0 Å². The van der Waals surface area contributed by atoms with Gasteiger partial charge in [-0.2, -0.15) is 0 Å². The molecule has 0 aromatic heterocycles. The molecule has 0 atom stereocenters. The Morgan fingerprint density at radius 2 is 1.61 bits per heavy atom. The average molecular weight is 342 g/mol. The molecule has 0 aliphatic heterocycles. The van der Waals surface area contributed by atoms with Gasteiger partial charge in [-0.1, -0.05) is 0 Å². The molecule has 0 saturated heterocycles. The van der Waals surface area contributed by atoms with Gasteiger partial charge in [-0.25, -0.2) is 8.78 Å². The molecule has 0 bridgehead atoms. The topological polar surface area (TPSA) is 66.8 Å². The molecule has 4 nitrogen and oxygen atoms in total. The van der Waals surface area contributed by atoms with Crippen LogP contribution in [0.5, 0.6) is 11.5 Å². The normalized spacial score (nSPS) is 11.5. The Kier molecular flexibility index (Phi) is 5.88. The van der Waals surface area contributed by atoms with Crippen molar-refractivity contribution < 1.29 is 27.9 Å². The highest BCUT2D eigenvalue weighted by Crippen LogP contribution is 2.35. The van der Waals surface area contributed by atoms with Crippen molar-refractivity contribution in [3.63, 3.8) is 0 Å². The number of benzene rings is 2. The number of ether oxygens (including phenoxy) is 1. The summed E-state index contributed by atoms with van der Waals surface area (Å²) in [4.78, 5) is 17.6. The molecule has 0 spiro atoms. The summed E-state index contributed by atoms with van der Waals surface area (Å²) < 4.78 is 42.9. The quantitative estimate of drug-likeness (QED) is 0.583. The van der Waals surface area contributed by atoms with E-state index in [0.29, 0.717) is 36.3 Å². The van der Waals surface area contributed by atoms with Gasteiger partial charge in [0, 0.05) is 6.16 Å². The van der Waals surface area contributed by atoms with E-state index < -0.39 is 13.4 Å². The van der Waals surface area contributed by atoms with Crippen LogP contribution in [0.1, 0.15) is 18.4 Å². The van der Waals surface area contributed by atoms with Crippen molar-refractivity contribution >= 4 is 7.60 Å². The van der Waals surface area contributed by atoms with Gasteiger partial charge in [-0.15, -0.1) is 0 Å². The first-order chi connectivity index (χ1) is 10.8. The number of rotatable bonds is 7. The molecule has 2 aromatic carbocycles. The van der Waals surface area contributed by atoms with Crippen molar-refractivity contribution in [1.29, 1.82) is 0 Å². The summed E-state index contributed by atoms with van der Waals surface area (Å²) in [5, 5.41) is 0. The first-order valence-corrected chi connectivity index (χ1v) is 8.90. The van der Waals surface area contributed by atoms with E-state index in [1.54, 1.807) is 0 Å². The van der Waals surface area contributed by atoms with E-state index in [1.165, 1.54) is 42.5 Å². The molecule has 0 amide bonds. The minimum absolute atomic E-state index is 0.208. The first-order valence-electron chi connectivity index (χ1n) is 7.10. The lowest BCUT2D eigenvalue weighted by Gasteiger charge is -2.09. The number of unbranched alkanes of at least 4 members (excludes halogenated alkanes) is 1. The minimum atomic E-state index is -4.01. The van der Waals surface area contributed by atoms with Crippen LogP contribution in [0.2, 0.25) is 0 Å². The predicted octanol–water partition coefficient (Wildman–Crippen LogP) is 4.26. The second-order valence-corrected chi connectivity index (χ2v) is 6.93. The van der Waals surface area contributed by atoms with Crippen LogP contribution in [-0.4, -0.2) is 15.9 Å². The standard InChI is InChI=1S/C16H17F2O4P/c17-13-4-6-14(7-5-13)22-15-8-9-16(18)12(11-15)3-1-2-10-23(19,20)21/h4-9,11H,1-3,10H2,(H2,19,20,21). The third-order valence-corrected chi connectivity index (χ3v) is 4.11. The smallest absolute Gasteiger partial charge is 0.325 e. The highest BCUT2D eigenvalue weighted by molar-refractivity contribution is 7.51. The zero-order chi connectivity index (χ0) is 16.9. The van der Waals surface area contributed by atoms with Gasteiger partial charge in [0.25, 0.3) is 0 Å². The summed E-state index contributed by atoms with van der Waals surface area (Å²) in [6.45, 7) is 0. The van der Waals surface area contributed by atoms with Gasteiger partial charge in [0.05, 0.1) is 0 Å². The Morgan fingerprint density at radius 1 is 0.957 bits per heavy atom. The van der Waals surface area contributed by atoms with Crippen LogP contribution in [-0.2, 0) is 11.0 Å². The Balaban J connectivity index is 1.98. The second-order valence-electron chi connectivity index (χ2n) is 5.15. The molecule has 2 aromatic rings. The van der Waals surface area contributed by atoms with Crippen LogP contribution in [0, 0.1) is 11.6 Å². The monoisotopic (exact) mass is 342 g/mol. The summed E-state index contributed by atoms with van der Waals surface area (Å²) in [7, 11) is -4.01. The van der Waals surface area contributed by atoms with Gasteiger partial charge in [-0.3, -0.25) is 4.57 Å². The lowest BCUT2D eigenvalue weighted by atomic mass is 10.1. The summed E-state index contributed by atoms with van der Waals surface area (Å²) in [5.41, 5.74) is 0.412. The first kappa shape index (κ1) is 17.6. The molecule has 7 heteroatoms. The number of hydrogen-bond donors (Lipinski definition) is 2. The molecule has 23 heavy (non-hydrogen) atoms. The maximum atomic E-state index is 13.8. The van der Waals surface area contributed by atoms with Crippen LogP contribution < -0.4 is 4.74 Å². The lowest BCUT2D eigenvalue weighted by molar-refractivity contribution is 0.371. The van der Waals surface area contributed by atoms with Crippen LogP contribution in [0.3, 0.4) is 0 Å². The van der Waals surface area contributed by atoms with Crippen molar-refractivity contribution in [3.05, 3.63) is 59.7 Å². The molecule has 0 aliphatic carbocycles. The third-order valence-electron chi connectivity index (χ3n) is 3.21. The fourth-order valence-electron chi connectivity index (χ4n) is 2.08. The SMILES string of the molecule is O=P(O)(O)CCCCc1cc(Oc2ccc(F)cc2)ccc1F. The van der Waals surface area contributed by atoms with E-state index >= 15 is 0 Å². The summed E-state index contributed by atoms with van der Waals surface area (Å²) in [6.07, 6.45) is 0.918. The van der Waals surface area contributed by atoms with Crippen LogP contribution in [0.25, 0.3) is 0 Å². The van der Waals surface area contributed by atoms with E-state index in [9.17, 15) is 13.3 Å². The van der Waals surface area contributed by atoms with Crippen molar-refractivity contribution in [1.82, 2.24) is 0 Å². The summed E-state index contributed by atoms with van der Waals surface area (Å²) in [6, 6.07) is 9.76. The molecule has 124 valence electrons. The molecule has 0 saturated carbocycles. The fourth-order valence-corrected chi connectivity index (χ4v) is 2.71. The fraction of sp³-hybridized carbons (Fsp3) is 0.250. The predicted molar refractivity (Wildman–Crippen MR) is 82.7 cm³/mol. The Bertz CT molecular complexity index is 698. The largest absolute Gasteiger partial charge is 0.457 e. The van der Waals surface area contributed by atoms with E-state index in [0.717, 1.165) is 0 Å².